The molecule has 2 N–H and O–H groups in total. The van der Waals surface area contributed by atoms with E-state index in [4.69, 9.17) is 31.2 Å². The molecule has 15 nitrogen and oxygen atoms in total. The van der Waals surface area contributed by atoms with E-state index in [1.54, 1.807) is 18.2 Å². The van der Waals surface area contributed by atoms with E-state index in [1.165, 1.54) is 0 Å². The van der Waals surface area contributed by atoms with E-state index >= 15 is 0 Å². The molecule has 0 radical (unpaired) electrons. The van der Waals surface area contributed by atoms with Gasteiger partial charge in [0.2, 0.25) is 17.8 Å². The number of alkyl halides is 3. The van der Waals surface area contributed by atoms with Crippen molar-refractivity contribution in [3.05, 3.63) is 111 Å². The molecule has 350 valence electrons. The number of carbonyl (C=O) groups is 5. The maximum absolute atomic E-state index is 13.4. The van der Waals surface area contributed by atoms with Crippen LogP contribution in [-0.2, 0) is 26.4 Å². The Morgan fingerprint density at radius 1 is 0.881 bits per heavy atom. The van der Waals surface area contributed by atoms with Crippen molar-refractivity contribution in [2.24, 2.45) is 17.8 Å². The minimum atomic E-state index is -5.08. The highest BCUT2D eigenvalue weighted by atomic mass is 35.5. The number of benzene rings is 3. The third-order valence-electron chi connectivity index (χ3n) is 13.4. The fraction of sp³-hybridized carbons (Fsp3) is 0.417. The largest absolute Gasteiger partial charge is 0.490 e. The van der Waals surface area contributed by atoms with Gasteiger partial charge in [-0.1, -0.05) is 37.6 Å². The van der Waals surface area contributed by atoms with Gasteiger partial charge in [0.1, 0.15) is 18.4 Å². The minimum absolute atomic E-state index is 0.0976. The monoisotopic (exact) mass is 940 g/mol. The number of rotatable bonds is 10. The third-order valence-corrected chi connectivity index (χ3v) is 13.6. The minimum Gasteiger partial charge on any atom is -0.487 e. The van der Waals surface area contributed by atoms with Gasteiger partial charge in [0.15, 0.2) is 0 Å². The zero-order valence-electron chi connectivity index (χ0n) is 36.8. The molecule has 0 bridgehead atoms. The number of imide groups is 2. The summed E-state index contributed by atoms with van der Waals surface area (Å²) in [7, 11) is 0. The summed E-state index contributed by atoms with van der Waals surface area (Å²) in [6.07, 6.45) is -0.939. The molecule has 5 aliphatic heterocycles. The van der Waals surface area contributed by atoms with Crippen LogP contribution >= 0.6 is 11.6 Å². The van der Waals surface area contributed by atoms with E-state index in [0.29, 0.717) is 46.1 Å². The van der Waals surface area contributed by atoms with Gasteiger partial charge in [0.05, 0.1) is 28.5 Å². The summed E-state index contributed by atoms with van der Waals surface area (Å²) in [6.45, 7) is 11.4. The van der Waals surface area contributed by atoms with Gasteiger partial charge < -0.3 is 24.5 Å². The second-order valence-electron chi connectivity index (χ2n) is 18.2. The number of nitrogens with zero attached hydrogens (tertiary/aromatic N) is 7. The van der Waals surface area contributed by atoms with Crippen molar-refractivity contribution in [2.45, 2.75) is 63.8 Å². The number of hydrogen-bond donors (Lipinski definition) is 2. The van der Waals surface area contributed by atoms with Gasteiger partial charge in [0, 0.05) is 74.6 Å². The van der Waals surface area contributed by atoms with Crippen LogP contribution in [0.25, 0.3) is 0 Å². The number of anilines is 2. The summed E-state index contributed by atoms with van der Waals surface area (Å²) in [5.41, 5.74) is 4.61. The van der Waals surface area contributed by atoms with Crippen molar-refractivity contribution in [3.8, 4) is 11.8 Å². The zero-order valence-corrected chi connectivity index (χ0v) is 37.5. The predicted molar refractivity (Wildman–Crippen MR) is 238 cm³/mol. The Labute approximate surface area is 389 Å². The summed E-state index contributed by atoms with van der Waals surface area (Å²) in [6, 6.07) is 22.0. The van der Waals surface area contributed by atoms with E-state index in [9.17, 15) is 37.6 Å². The molecule has 67 heavy (non-hydrogen) atoms. The number of amides is 4. The molecule has 9 rings (SSSR count). The fourth-order valence-corrected chi connectivity index (χ4v) is 9.96. The number of ether oxygens (including phenoxy) is 1. The molecule has 6 heterocycles. The molecule has 3 atom stereocenters. The highest BCUT2D eigenvalue weighted by Gasteiger charge is 2.45. The van der Waals surface area contributed by atoms with Gasteiger partial charge in [-0.2, -0.15) is 18.4 Å². The summed E-state index contributed by atoms with van der Waals surface area (Å²) in [4.78, 5) is 77.3. The second kappa shape index (κ2) is 19.0. The number of nitrogens with one attached hydrogen (secondary N) is 1. The number of aliphatic carboxylic acids is 1. The summed E-state index contributed by atoms with van der Waals surface area (Å²) in [5.74, 6) is -1.47. The molecule has 4 fully saturated rings. The van der Waals surface area contributed by atoms with Crippen LogP contribution < -0.4 is 19.9 Å². The maximum atomic E-state index is 13.4. The number of halogens is 4. The molecule has 3 unspecified atom stereocenters. The van der Waals surface area contributed by atoms with Crippen LogP contribution in [-0.4, -0.2) is 113 Å². The lowest BCUT2D eigenvalue weighted by Gasteiger charge is -2.35. The van der Waals surface area contributed by atoms with Crippen LogP contribution in [0.5, 0.6) is 5.75 Å². The lowest BCUT2D eigenvalue weighted by Crippen LogP contribution is -2.54. The van der Waals surface area contributed by atoms with Gasteiger partial charge in [-0.05, 0) is 103 Å². The van der Waals surface area contributed by atoms with Gasteiger partial charge in [-0.15, -0.1) is 0 Å². The SMILES string of the molecule is CC(C)(c1ccc(OCc2ccnc(N3CC4CN(CC5CCN(c6ccc7c(c6)C(=O)N(C6CCC(=O)NC6=O)C7=O)CC5)CC4C3)n2)cc1)c1cc(Cl)cc(C#N)c1.O=C(O)C(F)(F)F. The topological polar surface area (TPSA) is 189 Å². The van der Waals surface area contributed by atoms with Crippen LogP contribution in [0.4, 0.5) is 24.8 Å². The number of carboxylic acid groups (broad SMARTS) is 1. The molecule has 4 saturated heterocycles. The number of nitriles is 1. The van der Waals surface area contributed by atoms with Crippen molar-refractivity contribution in [3.63, 3.8) is 0 Å². The fourth-order valence-electron chi connectivity index (χ4n) is 9.72. The van der Waals surface area contributed by atoms with E-state index in [1.807, 2.05) is 42.6 Å². The normalized spacial score (nSPS) is 21.1. The third kappa shape index (κ3) is 10.2. The first kappa shape index (κ1) is 46.9. The lowest BCUT2D eigenvalue weighted by atomic mass is 9.78. The van der Waals surface area contributed by atoms with Crippen molar-refractivity contribution < 1.29 is 47.0 Å². The van der Waals surface area contributed by atoms with Gasteiger partial charge in [-0.25, -0.2) is 14.8 Å². The molecular weight excluding hydrogens is 893 g/mol. The first-order valence-electron chi connectivity index (χ1n) is 22.0. The zero-order chi connectivity index (χ0) is 47.8. The van der Waals surface area contributed by atoms with E-state index in [-0.39, 0.29) is 24.2 Å². The molecule has 1 aromatic heterocycles. The Bertz CT molecular complexity index is 2620. The lowest BCUT2D eigenvalue weighted by molar-refractivity contribution is -0.192. The van der Waals surface area contributed by atoms with Crippen LogP contribution in [0, 0.1) is 29.1 Å². The molecule has 19 heteroatoms. The Hall–Kier alpha value is -6.58. The Balaban J connectivity index is 0.000000807. The molecule has 0 saturated carbocycles. The van der Waals surface area contributed by atoms with Crippen molar-refractivity contribution in [1.82, 2.24) is 25.1 Å². The average Bonchev–Trinajstić information content (AvgIpc) is 3.95. The van der Waals surface area contributed by atoms with E-state index in [2.05, 4.69) is 57.0 Å². The van der Waals surface area contributed by atoms with Crippen molar-refractivity contribution in [2.75, 3.05) is 55.6 Å². The number of hydrogen-bond acceptors (Lipinski definition) is 12. The van der Waals surface area contributed by atoms with Crippen LogP contribution in [0.1, 0.15) is 82.6 Å². The summed E-state index contributed by atoms with van der Waals surface area (Å²) < 4.78 is 37.9. The number of fused-ring (bicyclic) bond motifs is 2. The first-order valence-corrected chi connectivity index (χ1v) is 22.4. The van der Waals surface area contributed by atoms with Crippen molar-refractivity contribution >= 4 is 52.8 Å². The maximum Gasteiger partial charge on any atom is 0.490 e. The van der Waals surface area contributed by atoms with Crippen LogP contribution in [0.15, 0.2) is 72.9 Å². The van der Waals surface area contributed by atoms with Crippen LogP contribution in [0.2, 0.25) is 5.02 Å². The smallest absolute Gasteiger partial charge is 0.487 e. The number of carboxylic acids is 1. The summed E-state index contributed by atoms with van der Waals surface area (Å²) in [5, 5.41) is 19.3. The Morgan fingerprint density at radius 2 is 1.55 bits per heavy atom. The summed E-state index contributed by atoms with van der Waals surface area (Å²) >= 11 is 6.31. The molecule has 0 aliphatic carbocycles. The molecule has 4 aromatic rings. The Kier molecular flexibility index (Phi) is 13.3. The van der Waals surface area contributed by atoms with Crippen LogP contribution in [0.3, 0.4) is 0 Å². The molecule has 5 aliphatic rings. The number of piperidine rings is 2. The number of likely N-dealkylation sites (tertiary alicyclic amines) is 1. The standard InChI is InChI=1S/C46H47ClN8O5.C2HF3O2/c1-46(2,33-17-29(21-48)18-34(47)19-33)32-3-6-37(7-4-32)60-27-35-11-14-49-45(50-35)54-25-30-23-52(24-31(30)26-54)22-28-12-15-53(16-13-28)36-5-8-38-39(20-36)44(59)55(43(38)58)40-9-10-41(56)51-42(40)57;3-2(4,5)1(6)7/h3-8,11,14,17-20,28,30-31,40H,9-10,12-13,15-16,22-27H2,1-2H3,(H,51,56,57);(H,6,7). The van der Waals surface area contributed by atoms with Crippen molar-refractivity contribution in [1.29, 1.82) is 5.26 Å². The van der Waals surface area contributed by atoms with Gasteiger partial charge in [0.25, 0.3) is 11.8 Å². The average molecular weight is 941 g/mol. The molecular formula is C48H48ClF3N8O7. The van der Waals surface area contributed by atoms with E-state index in [0.717, 1.165) is 97.8 Å². The molecule has 4 amide bonds. The Morgan fingerprint density at radius 3 is 2.19 bits per heavy atom. The van der Waals surface area contributed by atoms with Gasteiger partial charge in [-0.3, -0.25) is 29.4 Å². The van der Waals surface area contributed by atoms with E-state index < -0.39 is 35.9 Å². The highest BCUT2D eigenvalue weighted by Crippen LogP contribution is 2.37. The molecule has 3 aromatic carbocycles. The first-order chi connectivity index (χ1) is 31.9. The quantitative estimate of drug-likeness (QED) is 0.171. The molecule has 0 spiro atoms. The number of aromatic nitrogens is 2. The number of carbonyl (C=O) groups excluding carboxylic acids is 4. The second-order valence-corrected chi connectivity index (χ2v) is 18.6. The highest BCUT2D eigenvalue weighted by molar-refractivity contribution is 6.30. The van der Waals surface area contributed by atoms with Gasteiger partial charge >= 0.3 is 12.1 Å². The predicted octanol–water partition coefficient (Wildman–Crippen LogP) is 6.23.